The van der Waals surface area contributed by atoms with Gasteiger partial charge in [0.25, 0.3) is 5.91 Å². The van der Waals surface area contributed by atoms with Crippen molar-refractivity contribution in [1.29, 1.82) is 0 Å². The van der Waals surface area contributed by atoms with Crippen LogP contribution in [-0.2, 0) is 15.7 Å². The van der Waals surface area contributed by atoms with Gasteiger partial charge in [-0.15, -0.1) is 5.10 Å². The zero-order chi connectivity index (χ0) is 27.0. The highest BCUT2D eigenvalue weighted by atomic mass is 19.4. The Kier molecular flexibility index (Phi) is 9.36. The number of morpholine rings is 1. The highest BCUT2D eigenvalue weighted by Gasteiger charge is 2.33. The molecule has 2 aromatic rings. The summed E-state index contributed by atoms with van der Waals surface area (Å²) in [6.07, 6.45) is -1.86. The summed E-state index contributed by atoms with van der Waals surface area (Å²) in [5.41, 5.74) is 2.05. The number of allylic oxidation sites excluding steroid dienone is 2. The average molecular weight is 520 g/mol. The SMILES string of the molecule is C=N/C(OCCO)=C(\C=C(/C)c1cc(NC(=O)c2cnnc(C(F)(F)F)c2)ccc1C)N1CCOCC1. The van der Waals surface area contributed by atoms with Crippen molar-refractivity contribution in [3.63, 3.8) is 0 Å². The maximum atomic E-state index is 12.9. The largest absolute Gasteiger partial charge is 0.474 e. The predicted octanol–water partition coefficient (Wildman–Crippen LogP) is 3.67. The van der Waals surface area contributed by atoms with Crippen molar-refractivity contribution in [3.8, 4) is 0 Å². The molecule has 0 bridgehead atoms. The highest BCUT2D eigenvalue weighted by Crippen LogP contribution is 2.29. The second kappa shape index (κ2) is 12.5. The molecule has 0 spiro atoms. The number of aromatic nitrogens is 2. The first kappa shape index (κ1) is 27.8. The van der Waals surface area contributed by atoms with Crippen LogP contribution in [0.1, 0.15) is 34.1 Å². The fourth-order valence-corrected chi connectivity index (χ4v) is 3.68. The van der Waals surface area contributed by atoms with Gasteiger partial charge in [-0.1, -0.05) is 6.07 Å². The minimum absolute atomic E-state index is 0.0511. The van der Waals surface area contributed by atoms with E-state index in [2.05, 4.69) is 27.2 Å². The smallest absolute Gasteiger partial charge is 0.435 e. The molecule has 37 heavy (non-hydrogen) atoms. The molecular weight excluding hydrogens is 491 g/mol. The third-order valence-corrected chi connectivity index (χ3v) is 5.53. The molecule has 1 aliphatic heterocycles. The van der Waals surface area contributed by atoms with E-state index in [0.717, 1.165) is 22.9 Å². The number of hydrogen-bond acceptors (Lipinski definition) is 8. The van der Waals surface area contributed by atoms with Crippen molar-refractivity contribution in [1.82, 2.24) is 15.1 Å². The number of anilines is 1. The summed E-state index contributed by atoms with van der Waals surface area (Å²) in [5.74, 6) is -0.482. The molecule has 1 aromatic carbocycles. The molecule has 1 fully saturated rings. The normalized spacial score (nSPS) is 15.2. The van der Waals surface area contributed by atoms with Crippen LogP contribution in [0.2, 0.25) is 0 Å². The Labute approximate surface area is 212 Å². The van der Waals surface area contributed by atoms with E-state index in [0.29, 0.717) is 43.8 Å². The van der Waals surface area contributed by atoms with Gasteiger partial charge in [0, 0.05) is 18.8 Å². The molecule has 0 atom stereocenters. The Morgan fingerprint density at radius 3 is 2.70 bits per heavy atom. The Hall–Kier alpha value is -3.77. The quantitative estimate of drug-likeness (QED) is 0.296. The minimum Gasteiger partial charge on any atom is -0.474 e. The number of alkyl halides is 3. The van der Waals surface area contributed by atoms with Crippen LogP contribution in [0.25, 0.3) is 5.57 Å². The molecule has 1 aromatic heterocycles. The van der Waals surface area contributed by atoms with Crippen molar-refractivity contribution in [3.05, 3.63) is 70.5 Å². The second-order valence-corrected chi connectivity index (χ2v) is 8.16. The maximum Gasteiger partial charge on any atom is 0.435 e. The Morgan fingerprint density at radius 1 is 1.32 bits per heavy atom. The number of rotatable bonds is 9. The number of aliphatic imine (C=N–C) groups is 1. The predicted molar refractivity (Wildman–Crippen MR) is 132 cm³/mol. The summed E-state index contributed by atoms with van der Waals surface area (Å²) in [6, 6.07) is 5.83. The Balaban J connectivity index is 1.92. The summed E-state index contributed by atoms with van der Waals surface area (Å²) >= 11 is 0. The first-order valence-electron chi connectivity index (χ1n) is 11.4. The molecule has 3 rings (SSSR count). The fraction of sp³-hybridized carbons (Fsp3) is 0.360. The van der Waals surface area contributed by atoms with Crippen LogP contribution in [0, 0.1) is 6.92 Å². The molecule has 12 heteroatoms. The Morgan fingerprint density at radius 2 is 2.05 bits per heavy atom. The van der Waals surface area contributed by atoms with E-state index < -0.39 is 17.8 Å². The third-order valence-electron chi connectivity index (χ3n) is 5.53. The fourth-order valence-electron chi connectivity index (χ4n) is 3.68. The molecule has 2 heterocycles. The monoisotopic (exact) mass is 519 g/mol. The molecule has 2 N–H and O–H groups in total. The number of nitrogens with zero attached hydrogens (tertiary/aromatic N) is 4. The third kappa shape index (κ3) is 7.37. The molecule has 1 saturated heterocycles. The lowest BCUT2D eigenvalue weighted by atomic mass is 9.99. The number of hydrogen-bond donors (Lipinski definition) is 2. The highest BCUT2D eigenvalue weighted by molar-refractivity contribution is 6.04. The summed E-state index contributed by atoms with van der Waals surface area (Å²) in [4.78, 5) is 18.7. The van der Waals surface area contributed by atoms with Crippen molar-refractivity contribution in [2.75, 3.05) is 44.8 Å². The van der Waals surface area contributed by atoms with Gasteiger partial charge < -0.3 is 24.8 Å². The van der Waals surface area contributed by atoms with Crippen LogP contribution < -0.4 is 5.32 Å². The summed E-state index contributed by atoms with van der Waals surface area (Å²) in [7, 11) is 0. The number of halogens is 3. The molecule has 0 saturated carbocycles. The lowest BCUT2D eigenvalue weighted by Gasteiger charge is -2.30. The molecule has 9 nitrogen and oxygen atoms in total. The van der Waals surface area contributed by atoms with Gasteiger partial charge in [-0.25, -0.2) is 4.99 Å². The van der Waals surface area contributed by atoms with Crippen LogP contribution in [0.15, 0.2) is 53.1 Å². The lowest BCUT2D eigenvalue weighted by Crippen LogP contribution is -2.36. The molecule has 0 radical (unpaired) electrons. The first-order chi connectivity index (χ1) is 17.6. The van der Waals surface area contributed by atoms with Gasteiger partial charge in [0.1, 0.15) is 12.3 Å². The van der Waals surface area contributed by atoms with E-state index in [-0.39, 0.29) is 24.7 Å². The number of benzene rings is 1. The summed E-state index contributed by atoms with van der Waals surface area (Å²) in [5, 5.41) is 18.1. The topological polar surface area (TPSA) is 109 Å². The van der Waals surface area contributed by atoms with Crippen LogP contribution in [0.4, 0.5) is 18.9 Å². The molecule has 1 amide bonds. The van der Waals surface area contributed by atoms with E-state index in [1.807, 2.05) is 24.8 Å². The Bertz CT molecular complexity index is 1190. The number of nitrogens with one attached hydrogen (secondary N) is 1. The minimum atomic E-state index is -4.71. The number of aliphatic hydroxyl groups is 1. The van der Waals surface area contributed by atoms with Crippen molar-refractivity contribution >= 4 is 23.9 Å². The number of carbonyl (C=O) groups is 1. The van der Waals surface area contributed by atoms with Crippen LogP contribution in [0.3, 0.4) is 0 Å². The van der Waals surface area contributed by atoms with Crippen LogP contribution >= 0.6 is 0 Å². The number of ether oxygens (including phenoxy) is 2. The van der Waals surface area contributed by atoms with E-state index in [4.69, 9.17) is 9.47 Å². The summed E-state index contributed by atoms with van der Waals surface area (Å²) in [6.45, 7) is 9.51. The molecule has 0 aliphatic carbocycles. The van der Waals surface area contributed by atoms with Gasteiger partial charge in [0.2, 0.25) is 5.88 Å². The van der Waals surface area contributed by atoms with Crippen LogP contribution in [0.5, 0.6) is 0 Å². The van der Waals surface area contributed by atoms with Gasteiger partial charge in [-0.2, -0.15) is 18.3 Å². The van der Waals surface area contributed by atoms with Crippen molar-refractivity contribution in [2.24, 2.45) is 4.99 Å². The lowest BCUT2D eigenvalue weighted by molar-refractivity contribution is -0.141. The molecule has 198 valence electrons. The van der Waals surface area contributed by atoms with Crippen molar-refractivity contribution in [2.45, 2.75) is 20.0 Å². The van der Waals surface area contributed by atoms with Crippen molar-refractivity contribution < 1.29 is 32.5 Å². The van der Waals surface area contributed by atoms with E-state index in [1.165, 1.54) is 0 Å². The summed E-state index contributed by atoms with van der Waals surface area (Å²) < 4.78 is 49.9. The number of carbonyl (C=O) groups excluding carboxylic acids is 1. The van der Waals surface area contributed by atoms with Gasteiger partial charge in [-0.05, 0) is 61.5 Å². The van der Waals surface area contributed by atoms with Crippen LogP contribution in [-0.4, -0.2) is 72.3 Å². The zero-order valence-corrected chi connectivity index (χ0v) is 20.5. The first-order valence-corrected chi connectivity index (χ1v) is 11.4. The zero-order valence-electron chi connectivity index (χ0n) is 20.5. The number of aliphatic hydroxyl groups excluding tert-OH is 1. The molecular formula is C25H28F3N5O4. The molecule has 1 aliphatic rings. The molecule has 0 unspecified atom stereocenters. The average Bonchev–Trinajstić information content (AvgIpc) is 2.89. The standard InChI is InChI=1S/C25H28F3N5O4/c1-16-4-5-19(31-23(35)18-13-22(25(26,27)28)32-30-15-18)14-20(16)17(2)12-21(24(29-3)37-11-8-34)33-6-9-36-10-7-33/h4-5,12-15,34H,3,6-11H2,1-2H3,(H,31,35)/b17-12+,24-21-. The van der Waals surface area contributed by atoms with Gasteiger partial charge in [-0.3, -0.25) is 4.79 Å². The maximum absolute atomic E-state index is 12.9. The van der Waals surface area contributed by atoms with E-state index >= 15 is 0 Å². The number of aryl methyl sites for hydroxylation is 1. The van der Waals surface area contributed by atoms with Gasteiger partial charge >= 0.3 is 6.18 Å². The number of amides is 1. The van der Waals surface area contributed by atoms with Gasteiger partial charge in [0.05, 0.1) is 31.6 Å². The van der Waals surface area contributed by atoms with E-state index in [9.17, 15) is 23.1 Å². The van der Waals surface area contributed by atoms with Gasteiger partial charge in [0.15, 0.2) is 5.69 Å². The van der Waals surface area contributed by atoms with E-state index in [1.54, 1.807) is 18.2 Å². The second-order valence-electron chi connectivity index (χ2n) is 8.16.